The zero-order valence-electron chi connectivity index (χ0n) is 21.6. The van der Waals surface area contributed by atoms with E-state index in [2.05, 4.69) is 104 Å². The van der Waals surface area contributed by atoms with Gasteiger partial charge in [-0.1, -0.05) is 91.0 Å². The fraction of sp³-hybridized carbons (Fsp3) is 0.156. The van der Waals surface area contributed by atoms with E-state index in [0.717, 1.165) is 32.6 Å². The molecule has 196 valence electrons. The van der Waals surface area contributed by atoms with Gasteiger partial charge in [-0.3, -0.25) is 15.1 Å². The second-order valence-corrected chi connectivity index (χ2v) is 10.1. The molecule has 0 fully saturated rings. The highest BCUT2D eigenvalue weighted by atomic mass is 79.9. The number of nitrogens with zero attached hydrogens (tertiary/aromatic N) is 3. The molecule has 0 spiro atoms. The number of nitrogens with one attached hydrogen (secondary N) is 1. The fourth-order valence-corrected chi connectivity index (χ4v) is 5.20. The van der Waals surface area contributed by atoms with Crippen molar-refractivity contribution >= 4 is 21.9 Å². The van der Waals surface area contributed by atoms with Gasteiger partial charge in [-0.25, -0.2) is 4.98 Å². The van der Waals surface area contributed by atoms with E-state index in [1.54, 1.807) is 6.20 Å². The SMILES string of the molecule is COC(=O)[C@H](Cc1cn(C(c2ccccc2)(c2ccccc2)c2ccccc2)cn1)NCc1ccc(Br)cn1. The zero-order chi connectivity index (χ0) is 27.1. The number of aromatic nitrogens is 3. The number of imidazole rings is 1. The number of ether oxygens (including phenoxy) is 1. The molecule has 0 amide bonds. The van der Waals surface area contributed by atoms with E-state index in [0.29, 0.717) is 13.0 Å². The van der Waals surface area contributed by atoms with Crippen LogP contribution >= 0.6 is 15.9 Å². The maximum atomic E-state index is 12.7. The summed E-state index contributed by atoms with van der Waals surface area (Å²) >= 11 is 3.41. The van der Waals surface area contributed by atoms with Crippen LogP contribution < -0.4 is 5.32 Å². The van der Waals surface area contributed by atoms with E-state index in [1.807, 2.05) is 42.9 Å². The van der Waals surface area contributed by atoms with Gasteiger partial charge in [0, 0.05) is 29.8 Å². The lowest BCUT2D eigenvalue weighted by Gasteiger charge is -2.37. The van der Waals surface area contributed by atoms with Gasteiger partial charge in [0.1, 0.15) is 11.6 Å². The van der Waals surface area contributed by atoms with Gasteiger partial charge in [-0.05, 0) is 44.8 Å². The Labute approximate surface area is 236 Å². The Bertz CT molecular complexity index is 1390. The average molecular weight is 582 g/mol. The molecule has 2 aromatic heterocycles. The molecule has 0 aliphatic heterocycles. The Morgan fingerprint density at radius 3 is 1.90 bits per heavy atom. The molecule has 0 saturated carbocycles. The first-order chi connectivity index (χ1) is 19.1. The zero-order valence-corrected chi connectivity index (χ0v) is 23.2. The van der Waals surface area contributed by atoms with Crippen LogP contribution in [0.2, 0.25) is 0 Å². The van der Waals surface area contributed by atoms with Crippen molar-refractivity contribution in [1.82, 2.24) is 19.9 Å². The first-order valence-corrected chi connectivity index (χ1v) is 13.5. The summed E-state index contributed by atoms with van der Waals surface area (Å²) in [6, 6.07) is 34.5. The highest BCUT2D eigenvalue weighted by Gasteiger charge is 2.38. The van der Waals surface area contributed by atoms with Gasteiger partial charge in [0.2, 0.25) is 0 Å². The van der Waals surface area contributed by atoms with E-state index in [4.69, 9.17) is 9.72 Å². The number of carbonyl (C=O) groups excluding carboxylic acids is 1. The molecule has 0 aliphatic rings. The van der Waals surface area contributed by atoms with Crippen molar-refractivity contribution < 1.29 is 9.53 Å². The Morgan fingerprint density at radius 2 is 1.41 bits per heavy atom. The van der Waals surface area contributed by atoms with Gasteiger partial charge in [-0.2, -0.15) is 0 Å². The minimum absolute atomic E-state index is 0.345. The number of pyridine rings is 1. The number of hydrogen-bond donors (Lipinski definition) is 1. The number of benzene rings is 3. The summed E-state index contributed by atoms with van der Waals surface area (Å²) in [6.07, 6.45) is 5.99. The fourth-order valence-electron chi connectivity index (χ4n) is 4.97. The van der Waals surface area contributed by atoms with Gasteiger partial charge in [-0.15, -0.1) is 0 Å². The highest BCUT2D eigenvalue weighted by molar-refractivity contribution is 9.10. The minimum Gasteiger partial charge on any atom is -0.468 e. The van der Waals surface area contributed by atoms with Crippen LogP contribution in [-0.4, -0.2) is 33.7 Å². The molecule has 0 unspecified atom stereocenters. The standard InChI is InChI=1S/C32H29BrN4O2/c1-39-31(38)30(35-21-28-18-17-27(33)20-34-28)19-29-22-37(23-36-29)32(24-11-5-2-6-12-24,25-13-7-3-8-14-25)26-15-9-4-10-16-26/h2-18,20,22-23,30,35H,19,21H2,1H3/t30-/m0/s1. The van der Waals surface area contributed by atoms with Crippen LogP contribution in [0, 0.1) is 0 Å². The number of halogens is 1. The van der Waals surface area contributed by atoms with Crippen LogP contribution in [0.5, 0.6) is 0 Å². The number of carbonyl (C=O) groups is 1. The summed E-state index contributed by atoms with van der Waals surface area (Å²) in [4.78, 5) is 21.9. The van der Waals surface area contributed by atoms with Crippen LogP contribution in [0.3, 0.4) is 0 Å². The third-order valence-corrected chi connectivity index (χ3v) is 7.28. The molecule has 1 N–H and O–H groups in total. The smallest absolute Gasteiger partial charge is 0.323 e. The van der Waals surface area contributed by atoms with Gasteiger partial charge < -0.3 is 9.30 Å². The van der Waals surface area contributed by atoms with Crippen LogP contribution in [0.15, 0.2) is 126 Å². The maximum Gasteiger partial charge on any atom is 0.323 e. The second-order valence-electron chi connectivity index (χ2n) is 9.21. The average Bonchev–Trinajstić information content (AvgIpc) is 3.46. The molecule has 0 aliphatic carbocycles. The molecule has 5 rings (SSSR count). The topological polar surface area (TPSA) is 69.0 Å². The van der Waals surface area contributed by atoms with E-state index in [1.165, 1.54) is 7.11 Å². The van der Waals surface area contributed by atoms with Crippen molar-refractivity contribution in [1.29, 1.82) is 0 Å². The summed E-state index contributed by atoms with van der Waals surface area (Å²) in [5, 5.41) is 3.30. The summed E-state index contributed by atoms with van der Waals surface area (Å²) in [7, 11) is 1.40. The Morgan fingerprint density at radius 1 is 0.846 bits per heavy atom. The number of methoxy groups -OCH3 is 1. The summed E-state index contributed by atoms with van der Waals surface area (Å²) in [5.41, 5.74) is 4.26. The third kappa shape index (κ3) is 5.70. The molecule has 0 radical (unpaired) electrons. The van der Waals surface area contributed by atoms with Gasteiger partial charge >= 0.3 is 5.97 Å². The molecule has 1 atom stereocenters. The lowest BCUT2D eigenvalue weighted by molar-refractivity contribution is -0.143. The molecule has 7 heteroatoms. The number of hydrogen-bond acceptors (Lipinski definition) is 5. The first kappa shape index (κ1) is 26.5. The third-order valence-electron chi connectivity index (χ3n) is 6.82. The molecule has 39 heavy (non-hydrogen) atoms. The van der Waals surface area contributed by atoms with Crippen molar-refractivity contribution in [3.05, 3.63) is 154 Å². The Hall–Kier alpha value is -4.07. The summed E-state index contributed by atoms with van der Waals surface area (Å²) < 4.78 is 8.16. The minimum atomic E-state index is -0.662. The molecule has 3 aromatic carbocycles. The number of esters is 1. The molecule has 6 nitrogen and oxygen atoms in total. The molecular weight excluding hydrogens is 552 g/mol. The Kier molecular flexibility index (Phi) is 8.30. The van der Waals surface area contributed by atoms with Crippen LogP contribution in [0.25, 0.3) is 0 Å². The van der Waals surface area contributed by atoms with Crippen molar-refractivity contribution in [3.8, 4) is 0 Å². The van der Waals surface area contributed by atoms with Crippen molar-refractivity contribution in [3.63, 3.8) is 0 Å². The lowest BCUT2D eigenvalue weighted by Crippen LogP contribution is -2.39. The largest absolute Gasteiger partial charge is 0.468 e. The van der Waals surface area contributed by atoms with Crippen molar-refractivity contribution in [2.75, 3.05) is 7.11 Å². The van der Waals surface area contributed by atoms with Crippen molar-refractivity contribution in [2.45, 2.75) is 24.5 Å². The van der Waals surface area contributed by atoms with E-state index in [9.17, 15) is 4.79 Å². The first-order valence-electron chi connectivity index (χ1n) is 12.7. The van der Waals surface area contributed by atoms with Crippen molar-refractivity contribution in [2.24, 2.45) is 0 Å². The summed E-state index contributed by atoms with van der Waals surface area (Å²) in [6.45, 7) is 0.426. The quantitative estimate of drug-likeness (QED) is 0.168. The second kappa shape index (κ2) is 12.2. The van der Waals surface area contributed by atoms with Gasteiger partial charge in [0.15, 0.2) is 0 Å². The molecule has 0 bridgehead atoms. The van der Waals surface area contributed by atoms with Crippen LogP contribution in [0.4, 0.5) is 0 Å². The molecule has 2 heterocycles. The van der Waals surface area contributed by atoms with E-state index < -0.39 is 11.6 Å². The molecular formula is C32H29BrN4O2. The predicted molar refractivity (Wildman–Crippen MR) is 155 cm³/mol. The molecule has 0 saturated heterocycles. The van der Waals surface area contributed by atoms with E-state index in [-0.39, 0.29) is 5.97 Å². The normalized spacial score (nSPS) is 12.2. The van der Waals surface area contributed by atoms with Gasteiger partial charge in [0.25, 0.3) is 0 Å². The van der Waals surface area contributed by atoms with Gasteiger partial charge in [0.05, 0.1) is 24.8 Å². The summed E-state index contributed by atoms with van der Waals surface area (Å²) in [5.74, 6) is -0.345. The predicted octanol–water partition coefficient (Wildman–Crippen LogP) is 5.75. The van der Waals surface area contributed by atoms with Crippen LogP contribution in [-0.2, 0) is 28.0 Å². The monoisotopic (exact) mass is 580 g/mol. The highest BCUT2D eigenvalue weighted by Crippen LogP contribution is 2.40. The van der Waals surface area contributed by atoms with Crippen LogP contribution in [0.1, 0.15) is 28.1 Å². The molecule has 5 aromatic rings. The number of rotatable bonds is 10. The van der Waals surface area contributed by atoms with E-state index >= 15 is 0 Å². The Balaban J connectivity index is 1.54. The lowest BCUT2D eigenvalue weighted by atomic mass is 9.77. The maximum absolute atomic E-state index is 12.7.